The summed E-state index contributed by atoms with van der Waals surface area (Å²) in [6, 6.07) is 0. The van der Waals surface area contributed by atoms with Crippen molar-refractivity contribution in [2.45, 2.75) is 38.1 Å². The molecule has 0 aromatic rings. The normalized spacial score (nSPS) is 26.6. The van der Waals surface area contributed by atoms with Crippen LogP contribution in [0.5, 0.6) is 0 Å². The van der Waals surface area contributed by atoms with E-state index in [0.717, 1.165) is 0 Å². The molecule has 1 saturated heterocycles. The summed E-state index contributed by atoms with van der Waals surface area (Å²) in [6.45, 7) is 1.96. The Morgan fingerprint density at radius 2 is 2.00 bits per heavy atom. The van der Waals surface area contributed by atoms with Crippen molar-refractivity contribution in [1.82, 2.24) is 4.31 Å². The van der Waals surface area contributed by atoms with Gasteiger partial charge in [-0.1, -0.05) is 0 Å². The molecule has 114 valence electrons. The van der Waals surface area contributed by atoms with Gasteiger partial charge in [0, 0.05) is 25.4 Å². The fourth-order valence-electron chi connectivity index (χ4n) is 1.90. The third-order valence-electron chi connectivity index (χ3n) is 2.72. The fraction of sp³-hybridized carbons (Fsp3) is 1.00. The third kappa shape index (κ3) is 5.85. The molecular formula is C10H17ClF3NO3S. The molecule has 2 unspecified atom stereocenters. The Morgan fingerprint density at radius 1 is 1.37 bits per heavy atom. The number of hydrogen-bond acceptors (Lipinski definition) is 3. The largest absolute Gasteiger partial charge is 0.389 e. The Bertz CT molecular complexity index is 388. The monoisotopic (exact) mass is 323 g/mol. The lowest BCUT2D eigenvalue weighted by Gasteiger charge is -2.35. The van der Waals surface area contributed by atoms with Gasteiger partial charge in [0.1, 0.15) is 0 Å². The molecule has 1 fully saturated rings. The van der Waals surface area contributed by atoms with E-state index in [2.05, 4.69) is 0 Å². The van der Waals surface area contributed by atoms with Crippen molar-refractivity contribution in [3.8, 4) is 0 Å². The second-order valence-corrected chi connectivity index (χ2v) is 6.97. The molecule has 19 heavy (non-hydrogen) atoms. The maximum Gasteiger partial charge on any atom is 0.389 e. The Labute approximate surface area is 115 Å². The first-order valence-corrected chi connectivity index (χ1v) is 8.04. The van der Waals surface area contributed by atoms with E-state index in [9.17, 15) is 21.6 Å². The first-order chi connectivity index (χ1) is 8.64. The van der Waals surface area contributed by atoms with Gasteiger partial charge >= 0.3 is 6.18 Å². The highest BCUT2D eigenvalue weighted by molar-refractivity contribution is 7.89. The molecule has 1 aliphatic heterocycles. The van der Waals surface area contributed by atoms with Gasteiger partial charge in [-0.05, 0) is 13.3 Å². The Balaban J connectivity index is 2.56. The van der Waals surface area contributed by atoms with Crippen LogP contribution < -0.4 is 0 Å². The van der Waals surface area contributed by atoms with Crippen molar-refractivity contribution in [3.63, 3.8) is 0 Å². The summed E-state index contributed by atoms with van der Waals surface area (Å²) >= 11 is 5.63. The maximum absolute atomic E-state index is 12.0. The first-order valence-electron chi connectivity index (χ1n) is 5.90. The standard InChI is InChI=1S/C10H17ClF3NO3S/c1-8-6-15(7-9(5-11)18-8)19(16,17)4-2-3-10(12,13)14/h8-9H,2-7H2,1H3. The number of halogens is 4. The van der Waals surface area contributed by atoms with Gasteiger partial charge in [-0.3, -0.25) is 0 Å². The second-order valence-electron chi connectivity index (χ2n) is 4.57. The van der Waals surface area contributed by atoms with E-state index in [1.165, 1.54) is 4.31 Å². The van der Waals surface area contributed by atoms with Crippen molar-refractivity contribution in [3.05, 3.63) is 0 Å². The van der Waals surface area contributed by atoms with Crippen LogP contribution in [0.15, 0.2) is 0 Å². The average molecular weight is 324 g/mol. The number of ether oxygens (including phenoxy) is 1. The van der Waals surface area contributed by atoms with Crippen LogP contribution in [0.25, 0.3) is 0 Å². The van der Waals surface area contributed by atoms with E-state index >= 15 is 0 Å². The zero-order valence-corrected chi connectivity index (χ0v) is 12.1. The molecule has 0 saturated carbocycles. The van der Waals surface area contributed by atoms with Gasteiger partial charge in [-0.15, -0.1) is 11.6 Å². The molecule has 0 spiro atoms. The van der Waals surface area contributed by atoms with Gasteiger partial charge in [0.2, 0.25) is 10.0 Å². The molecule has 2 atom stereocenters. The second kappa shape index (κ2) is 6.60. The number of alkyl halides is 4. The lowest BCUT2D eigenvalue weighted by atomic mass is 10.3. The van der Waals surface area contributed by atoms with Crippen LogP contribution in [0, 0.1) is 0 Å². The molecule has 1 rings (SSSR count). The molecule has 0 aromatic heterocycles. The van der Waals surface area contributed by atoms with Crippen molar-refractivity contribution >= 4 is 21.6 Å². The smallest absolute Gasteiger partial charge is 0.371 e. The Morgan fingerprint density at radius 3 is 2.53 bits per heavy atom. The molecular weight excluding hydrogens is 307 g/mol. The van der Waals surface area contributed by atoms with Gasteiger partial charge in [-0.2, -0.15) is 17.5 Å². The quantitative estimate of drug-likeness (QED) is 0.727. The van der Waals surface area contributed by atoms with Crippen LogP contribution in [-0.4, -0.2) is 55.8 Å². The van der Waals surface area contributed by atoms with Crippen molar-refractivity contribution in [2.75, 3.05) is 24.7 Å². The van der Waals surface area contributed by atoms with Gasteiger partial charge in [-0.25, -0.2) is 8.42 Å². The third-order valence-corrected chi connectivity index (χ3v) is 4.95. The SMILES string of the molecule is CC1CN(S(=O)(=O)CCCC(F)(F)F)CC(CCl)O1. The highest BCUT2D eigenvalue weighted by Gasteiger charge is 2.33. The van der Waals surface area contributed by atoms with E-state index in [4.69, 9.17) is 16.3 Å². The van der Waals surface area contributed by atoms with Gasteiger partial charge < -0.3 is 4.74 Å². The van der Waals surface area contributed by atoms with Crippen LogP contribution >= 0.6 is 11.6 Å². The van der Waals surface area contributed by atoms with Crippen LogP contribution in [0.4, 0.5) is 13.2 Å². The summed E-state index contributed by atoms with van der Waals surface area (Å²) in [6.07, 6.45) is -6.57. The minimum Gasteiger partial charge on any atom is -0.371 e. The van der Waals surface area contributed by atoms with Gasteiger partial charge in [0.05, 0.1) is 18.0 Å². The van der Waals surface area contributed by atoms with Crippen LogP contribution in [0.2, 0.25) is 0 Å². The summed E-state index contributed by atoms with van der Waals surface area (Å²) < 4.78 is 66.5. The molecule has 0 radical (unpaired) electrons. The van der Waals surface area contributed by atoms with Gasteiger partial charge in [0.15, 0.2) is 0 Å². The molecule has 9 heteroatoms. The predicted molar refractivity (Wildman–Crippen MR) is 65.7 cm³/mol. The molecule has 1 heterocycles. The molecule has 0 aliphatic carbocycles. The Hall–Kier alpha value is -0.0500. The topological polar surface area (TPSA) is 46.6 Å². The molecule has 4 nitrogen and oxygen atoms in total. The fourth-order valence-corrected chi connectivity index (χ4v) is 3.67. The zero-order chi connectivity index (χ0) is 14.7. The highest BCUT2D eigenvalue weighted by Crippen LogP contribution is 2.23. The maximum atomic E-state index is 12.0. The van der Waals surface area contributed by atoms with E-state index < -0.39 is 40.9 Å². The lowest BCUT2D eigenvalue weighted by Crippen LogP contribution is -2.50. The van der Waals surface area contributed by atoms with Crippen LogP contribution in [0.3, 0.4) is 0 Å². The van der Waals surface area contributed by atoms with E-state index in [-0.39, 0.29) is 25.1 Å². The summed E-state index contributed by atoms with van der Waals surface area (Å²) in [5.74, 6) is -0.354. The number of sulfonamides is 1. The van der Waals surface area contributed by atoms with E-state index in [1.54, 1.807) is 6.92 Å². The van der Waals surface area contributed by atoms with E-state index in [0.29, 0.717) is 0 Å². The molecule has 0 amide bonds. The van der Waals surface area contributed by atoms with Crippen molar-refractivity contribution < 1.29 is 26.3 Å². The molecule has 1 aliphatic rings. The minimum atomic E-state index is -4.33. The first kappa shape index (κ1) is 17.0. The molecule has 0 bridgehead atoms. The lowest BCUT2D eigenvalue weighted by molar-refractivity contribution is -0.134. The predicted octanol–water partition coefficient (Wildman–Crippen LogP) is 1.99. The van der Waals surface area contributed by atoms with Crippen molar-refractivity contribution in [1.29, 1.82) is 0 Å². The number of morpholine rings is 1. The highest BCUT2D eigenvalue weighted by atomic mass is 35.5. The number of hydrogen-bond donors (Lipinski definition) is 0. The molecule has 0 N–H and O–H groups in total. The van der Waals surface area contributed by atoms with Gasteiger partial charge in [0.25, 0.3) is 0 Å². The molecule has 0 aromatic carbocycles. The zero-order valence-electron chi connectivity index (χ0n) is 10.5. The summed E-state index contributed by atoms with van der Waals surface area (Å²) in [5, 5.41) is 0. The van der Waals surface area contributed by atoms with Crippen molar-refractivity contribution in [2.24, 2.45) is 0 Å². The minimum absolute atomic E-state index is 0.0994. The van der Waals surface area contributed by atoms with Crippen LogP contribution in [-0.2, 0) is 14.8 Å². The van der Waals surface area contributed by atoms with Crippen LogP contribution in [0.1, 0.15) is 19.8 Å². The summed E-state index contributed by atoms with van der Waals surface area (Å²) in [7, 11) is -3.69. The average Bonchev–Trinajstić information content (AvgIpc) is 2.26. The Kier molecular flexibility index (Phi) is 5.91. The summed E-state index contributed by atoms with van der Waals surface area (Å²) in [4.78, 5) is 0. The van der Waals surface area contributed by atoms with E-state index in [1.807, 2.05) is 0 Å². The summed E-state index contributed by atoms with van der Waals surface area (Å²) in [5.41, 5.74) is 0. The number of nitrogens with zero attached hydrogens (tertiary/aromatic N) is 1. The number of rotatable bonds is 5.